The molecule has 0 radical (unpaired) electrons. The lowest BCUT2D eigenvalue weighted by molar-refractivity contribution is -0.122. The van der Waals surface area contributed by atoms with Gasteiger partial charge in [0.15, 0.2) is 5.17 Å². The van der Waals surface area contributed by atoms with E-state index in [0.29, 0.717) is 16.6 Å². The third-order valence-corrected chi connectivity index (χ3v) is 8.64. The Balaban J connectivity index is 1.60. The zero-order valence-corrected chi connectivity index (χ0v) is 23.4. The standard InChI is InChI=1S/C29H29N5O2S2/c1-5-30-22-16-15-21(19(2)32-36-4)17-23(22)31-29-34(18-20-11-7-6-8-12-20)27(35)26(38-29)28-33(3)24-13-9-10-14-25(24)37-28/h6-17,30H,5,18H2,1-4H3/b28-26-,31-29-,32-19+. The van der Waals surface area contributed by atoms with E-state index in [1.54, 1.807) is 16.7 Å². The van der Waals surface area contributed by atoms with Gasteiger partial charge >= 0.3 is 0 Å². The number of hydrogen-bond donors (Lipinski definition) is 1. The molecular formula is C29H29N5O2S2. The van der Waals surface area contributed by atoms with Gasteiger partial charge in [0.2, 0.25) is 0 Å². The second-order valence-electron chi connectivity index (χ2n) is 8.76. The first-order valence-corrected chi connectivity index (χ1v) is 14.0. The Morgan fingerprint density at radius 2 is 1.79 bits per heavy atom. The number of carbonyl (C=O) groups excluding carboxylic acids is 1. The van der Waals surface area contributed by atoms with E-state index in [0.717, 1.165) is 50.4 Å². The SMILES string of the molecule is CCNc1ccc(/C(C)=N/OC)cc1/N=C1\S/C(=C2\Sc3ccccc3N2C)C(=O)N1Cc1ccccc1. The van der Waals surface area contributed by atoms with Crippen molar-refractivity contribution in [3.63, 3.8) is 0 Å². The Hall–Kier alpha value is -3.69. The van der Waals surface area contributed by atoms with Crippen LogP contribution in [0.25, 0.3) is 0 Å². The van der Waals surface area contributed by atoms with Crippen molar-refractivity contribution in [1.29, 1.82) is 0 Å². The Kier molecular flexibility index (Phi) is 7.76. The minimum atomic E-state index is -0.0435. The Labute approximate surface area is 231 Å². The highest BCUT2D eigenvalue weighted by atomic mass is 32.2. The molecule has 0 atom stereocenters. The average molecular weight is 544 g/mol. The van der Waals surface area contributed by atoms with Gasteiger partial charge in [-0.05, 0) is 55.4 Å². The van der Waals surface area contributed by atoms with Gasteiger partial charge in [-0.3, -0.25) is 9.69 Å². The summed E-state index contributed by atoms with van der Waals surface area (Å²) >= 11 is 3.05. The highest BCUT2D eigenvalue weighted by molar-refractivity contribution is 8.19. The minimum Gasteiger partial charge on any atom is -0.399 e. The van der Waals surface area contributed by atoms with E-state index in [9.17, 15) is 4.79 Å². The maximum absolute atomic E-state index is 13.9. The fraction of sp³-hybridized carbons (Fsp3) is 0.207. The van der Waals surface area contributed by atoms with Crippen LogP contribution in [0.1, 0.15) is 25.0 Å². The molecule has 5 rings (SSSR count). The molecule has 7 nitrogen and oxygen atoms in total. The fourth-order valence-corrected chi connectivity index (χ4v) is 6.64. The van der Waals surface area contributed by atoms with E-state index < -0.39 is 0 Å². The molecule has 0 unspecified atom stereocenters. The molecule has 9 heteroatoms. The summed E-state index contributed by atoms with van der Waals surface area (Å²) in [4.78, 5) is 29.7. The molecule has 2 heterocycles. The maximum atomic E-state index is 13.9. The number of nitrogens with zero attached hydrogens (tertiary/aromatic N) is 4. The number of nitrogens with one attached hydrogen (secondary N) is 1. The van der Waals surface area contributed by atoms with Crippen LogP contribution in [0.2, 0.25) is 0 Å². The lowest BCUT2D eigenvalue weighted by Crippen LogP contribution is -2.29. The lowest BCUT2D eigenvalue weighted by Gasteiger charge is -2.17. The fourth-order valence-electron chi connectivity index (χ4n) is 4.31. The predicted octanol–water partition coefficient (Wildman–Crippen LogP) is 6.66. The number of anilines is 2. The Morgan fingerprint density at radius 1 is 1.03 bits per heavy atom. The van der Waals surface area contributed by atoms with Crippen molar-refractivity contribution >= 4 is 57.4 Å². The van der Waals surface area contributed by atoms with Crippen LogP contribution in [-0.2, 0) is 16.2 Å². The smallest absolute Gasteiger partial charge is 0.269 e. The third kappa shape index (κ3) is 5.16. The van der Waals surface area contributed by atoms with Crippen molar-refractivity contribution in [3.8, 4) is 0 Å². The van der Waals surface area contributed by atoms with E-state index >= 15 is 0 Å². The number of amidine groups is 1. The zero-order chi connectivity index (χ0) is 26.6. The maximum Gasteiger partial charge on any atom is 0.269 e. The van der Waals surface area contributed by atoms with Gasteiger partial charge in [-0.1, -0.05) is 65.4 Å². The number of thioether (sulfide) groups is 2. The van der Waals surface area contributed by atoms with Crippen LogP contribution in [-0.4, -0.2) is 42.4 Å². The van der Waals surface area contributed by atoms with Crippen molar-refractivity contribution < 1.29 is 9.63 Å². The molecule has 0 spiro atoms. The second kappa shape index (κ2) is 11.4. The summed E-state index contributed by atoms with van der Waals surface area (Å²) in [5, 5.41) is 9.04. The van der Waals surface area contributed by atoms with Crippen LogP contribution in [0.15, 0.2) is 97.8 Å². The van der Waals surface area contributed by atoms with Gasteiger partial charge in [0.05, 0.1) is 34.3 Å². The zero-order valence-electron chi connectivity index (χ0n) is 21.8. The summed E-state index contributed by atoms with van der Waals surface area (Å²) < 4.78 is 0. The first kappa shape index (κ1) is 25.9. The number of fused-ring (bicyclic) bond motifs is 1. The monoisotopic (exact) mass is 543 g/mol. The van der Waals surface area contributed by atoms with Gasteiger partial charge in [0.25, 0.3) is 5.91 Å². The molecular weight excluding hydrogens is 514 g/mol. The molecule has 194 valence electrons. The second-order valence-corrected chi connectivity index (χ2v) is 10.8. The van der Waals surface area contributed by atoms with Crippen LogP contribution in [0.5, 0.6) is 0 Å². The minimum absolute atomic E-state index is 0.0435. The summed E-state index contributed by atoms with van der Waals surface area (Å²) in [6.45, 7) is 5.12. The molecule has 1 N–H and O–H groups in total. The molecule has 1 amide bonds. The van der Waals surface area contributed by atoms with Crippen LogP contribution in [0, 0.1) is 0 Å². The topological polar surface area (TPSA) is 69.5 Å². The molecule has 0 aromatic heterocycles. The molecule has 38 heavy (non-hydrogen) atoms. The van der Waals surface area contributed by atoms with E-state index in [4.69, 9.17) is 9.83 Å². The van der Waals surface area contributed by atoms with Crippen LogP contribution < -0.4 is 10.2 Å². The Bertz CT molecular complexity index is 1450. The number of para-hydroxylation sites is 1. The number of aliphatic imine (C=N–C) groups is 1. The van der Waals surface area contributed by atoms with Gasteiger partial charge in [-0.15, -0.1) is 0 Å². The van der Waals surface area contributed by atoms with E-state index in [-0.39, 0.29) is 5.91 Å². The van der Waals surface area contributed by atoms with Gasteiger partial charge in [0, 0.05) is 24.1 Å². The van der Waals surface area contributed by atoms with Crippen LogP contribution in [0.3, 0.4) is 0 Å². The Morgan fingerprint density at radius 3 is 2.53 bits per heavy atom. The largest absolute Gasteiger partial charge is 0.399 e. The quantitative estimate of drug-likeness (QED) is 0.204. The average Bonchev–Trinajstić information content (AvgIpc) is 3.42. The van der Waals surface area contributed by atoms with E-state index in [1.165, 1.54) is 18.9 Å². The number of carbonyl (C=O) groups is 1. The number of rotatable bonds is 7. The normalized spacial score (nSPS) is 18.4. The molecule has 2 aliphatic rings. The molecule has 0 bridgehead atoms. The van der Waals surface area contributed by atoms with Gasteiger partial charge in [-0.2, -0.15) is 0 Å². The number of amides is 1. The lowest BCUT2D eigenvalue weighted by atomic mass is 10.1. The third-order valence-electron chi connectivity index (χ3n) is 6.21. The van der Waals surface area contributed by atoms with E-state index in [1.807, 2.05) is 81.6 Å². The van der Waals surface area contributed by atoms with Crippen LogP contribution >= 0.6 is 23.5 Å². The van der Waals surface area contributed by atoms with Crippen molar-refractivity contribution in [2.45, 2.75) is 25.3 Å². The molecule has 3 aromatic carbocycles. The summed E-state index contributed by atoms with van der Waals surface area (Å²) in [7, 11) is 3.54. The predicted molar refractivity (Wildman–Crippen MR) is 159 cm³/mol. The number of benzene rings is 3. The van der Waals surface area contributed by atoms with Crippen molar-refractivity contribution in [2.75, 3.05) is 30.9 Å². The highest BCUT2D eigenvalue weighted by Gasteiger charge is 2.39. The molecule has 1 fully saturated rings. The van der Waals surface area contributed by atoms with Crippen molar-refractivity contribution in [2.24, 2.45) is 10.1 Å². The summed E-state index contributed by atoms with van der Waals surface area (Å²) in [6.07, 6.45) is 0. The highest BCUT2D eigenvalue weighted by Crippen LogP contribution is 2.50. The van der Waals surface area contributed by atoms with Gasteiger partial charge < -0.3 is 15.1 Å². The van der Waals surface area contributed by atoms with Crippen LogP contribution in [0.4, 0.5) is 17.1 Å². The summed E-state index contributed by atoms with van der Waals surface area (Å²) in [6, 6.07) is 24.2. The molecule has 1 saturated heterocycles. The van der Waals surface area contributed by atoms with E-state index in [2.05, 4.69) is 27.5 Å². The molecule has 3 aromatic rings. The van der Waals surface area contributed by atoms with Gasteiger partial charge in [0.1, 0.15) is 12.0 Å². The number of hydrogen-bond acceptors (Lipinski definition) is 8. The first-order chi connectivity index (χ1) is 18.5. The molecule has 0 aliphatic carbocycles. The number of oxime groups is 1. The summed E-state index contributed by atoms with van der Waals surface area (Å²) in [5.41, 5.74) is 5.42. The van der Waals surface area contributed by atoms with Crippen molar-refractivity contribution in [3.05, 3.63) is 93.9 Å². The summed E-state index contributed by atoms with van der Waals surface area (Å²) in [5.74, 6) is -0.0435. The first-order valence-electron chi connectivity index (χ1n) is 12.3. The van der Waals surface area contributed by atoms with Crippen molar-refractivity contribution in [1.82, 2.24) is 4.90 Å². The van der Waals surface area contributed by atoms with Gasteiger partial charge in [-0.25, -0.2) is 4.99 Å². The molecule has 2 aliphatic heterocycles. The molecule has 0 saturated carbocycles.